The molecule has 68 heavy (non-hydrogen) atoms. The maximum Gasteiger partial charge on any atom is 0.249 e. The normalized spacial score (nSPS) is 22.2. The molecule has 15 nitrogen and oxygen atoms in total. The van der Waals surface area contributed by atoms with Crippen molar-refractivity contribution in [2.24, 2.45) is 22.2 Å². The minimum Gasteiger partial charge on any atom is -0.507 e. The number of carbonyl (C=O) groups is 7. The molecule has 0 aromatic heterocycles. The van der Waals surface area contributed by atoms with Gasteiger partial charge in [0.05, 0.1) is 21.6 Å². The van der Waals surface area contributed by atoms with Crippen LogP contribution in [-0.2, 0) is 46.4 Å². The number of likely N-dealkylation sites (tertiary alicyclic amines) is 2. The first-order valence-corrected chi connectivity index (χ1v) is 25.7. The number of rotatable bonds is 18. The number of phenols is 1. The van der Waals surface area contributed by atoms with Crippen molar-refractivity contribution >= 4 is 74.0 Å². The van der Waals surface area contributed by atoms with Gasteiger partial charge in [0.2, 0.25) is 35.4 Å². The molecule has 0 radical (unpaired) electrons. The van der Waals surface area contributed by atoms with Crippen molar-refractivity contribution in [3.8, 4) is 5.75 Å². The molecule has 372 valence electrons. The van der Waals surface area contributed by atoms with E-state index in [9.17, 15) is 38.7 Å². The molecule has 17 heteroatoms. The maximum absolute atomic E-state index is 15.0. The molecule has 0 aliphatic carbocycles. The Morgan fingerprint density at radius 2 is 1.53 bits per heavy atom. The SMILES string of the molecule is CCC(=O)[C@@H]1CCCN1C(=O)[C@H](Cc1ccccc1)N(C)C(=O)[C@H](CC(C)C)NC(=O)[C@]1(C)CSC([C@@H]2C[C@H](C)CN2C(=O)[C@@H](Cc2ccc(O)c(Br)c2)N(C)C(=O)[C@H](C)NC(=O)C(C)(C)C)=N1. The third-order valence-electron chi connectivity index (χ3n) is 13.3. The average molecular weight is 1020 g/mol. The van der Waals surface area contributed by atoms with Crippen molar-refractivity contribution in [2.45, 2.75) is 149 Å². The van der Waals surface area contributed by atoms with E-state index in [0.717, 1.165) is 5.56 Å². The minimum absolute atomic E-state index is 0.00572. The van der Waals surface area contributed by atoms with Gasteiger partial charge in [0.15, 0.2) is 5.78 Å². The van der Waals surface area contributed by atoms with Crippen molar-refractivity contribution in [1.82, 2.24) is 30.2 Å². The summed E-state index contributed by atoms with van der Waals surface area (Å²) in [4.78, 5) is 110. The number of hydrogen-bond acceptors (Lipinski definition) is 10. The second kappa shape index (κ2) is 22.8. The third-order valence-corrected chi connectivity index (χ3v) is 15.3. The first-order valence-electron chi connectivity index (χ1n) is 23.9. The Kier molecular flexibility index (Phi) is 18.1. The van der Waals surface area contributed by atoms with Crippen LogP contribution in [0.3, 0.4) is 0 Å². The van der Waals surface area contributed by atoms with Crippen LogP contribution in [0.4, 0.5) is 0 Å². The van der Waals surface area contributed by atoms with Crippen LogP contribution < -0.4 is 10.6 Å². The summed E-state index contributed by atoms with van der Waals surface area (Å²) in [5.41, 5.74) is -0.496. The summed E-state index contributed by atoms with van der Waals surface area (Å²) in [6, 6.07) is 9.52. The lowest BCUT2D eigenvalue weighted by molar-refractivity contribution is -0.148. The van der Waals surface area contributed by atoms with E-state index in [1.807, 2.05) is 51.1 Å². The van der Waals surface area contributed by atoms with Crippen LogP contribution in [0, 0.1) is 17.3 Å². The predicted molar refractivity (Wildman–Crippen MR) is 269 cm³/mol. The second-order valence-electron chi connectivity index (χ2n) is 20.6. The Labute approximate surface area is 415 Å². The van der Waals surface area contributed by atoms with Gasteiger partial charge in [0.1, 0.15) is 35.5 Å². The standard InChI is InChI=1S/C51H72BrN7O8S/c1-12-41(60)37-19-16-22-58(37)46(64)39(26-33-17-14-13-15-18-33)57(11)45(63)36(23-30(2)3)54-49(67)51(9)29-68-43(55-51)38-24-31(4)28-59(38)47(65)40(27-34-20-21-42(61)35(52)25-34)56(10)44(62)32(5)53-48(66)50(6,7)8/h13-15,17-18,20-21,25,30-32,36-40,61H,12,16,19,22-24,26-29H2,1-11H3,(H,53,66)(H,54,67)/t31-,32-,36-,37-,38-,39-,40+,51-/m0/s1. The number of thioether (sulfide) groups is 1. The number of amides is 6. The number of halogens is 1. The Morgan fingerprint density at radius 1 is 0.912 bits per heavy atom. The molecule has 2 fully saturated rings. The topological polar surface area (TPSA) is 189 Å². The third kappa shape index (κ3) is 12.9. The number of aliphatic imine (C=N–C) groups is 1. The fourth-order valence-electron chi connectivity index (χ4n) is 9.17. The predicted octanol–water partition coefficient (Wildman–Crippen LogP) is 5.79. The van der Waals surface area contributed by atoms with Crippen LogP contribution in [0.1, 0.15) is 106 Å². The summed E-state index contributed by atoms with van der Waals surface area (Å²) < 4.78 is 0.438. The van der Waals surface area contributed by atoms with Crippen LogP contribution >= 0.6 is 27.7 Å². The van der Waals surface area contributed by atoms with Gasteiger partial charge in [-0.25, -0.2) is 0 Å². The highest BCUT2D eigenvalue weighted by molar-refractivity contribution is 9.10. The first-order chi connectivity index (χ1) is 31.9. The van der Waals surface area contributed by atoms with Crippen molar-refractivity contribution in [3.05, 3.63) is 64.1 Å². The smallest absolute Gasteiger partial charge is 0.249 e. The summed E-state index contributed by atoms with van der Waals surface area (Å²) in [5.74, 6) is -1.91. The molecule has 6 amide bonds. The van der Waals surface area contributed by atoms with Crippen LogP contribution in [0.5, 0.6) is 5.75 Å². The number of nitrogens with zero attached hydrogens (tertiary/aromatic N) is 5. The van der Waals surface area contributed by atoms with Crippen LogP contribution in [0.25, 0.3) is 0 Å². The fraction of sp³-hybridized carbons (Fsp3) is 0.608. The summed E-state index contributed by atoms with van der Waals surface area (Å²) >= 11 is 4.76. The fourth-order valence-corrected chi connectivity index (χ4v) is 10.9. The van der Waals surface area contributed by atoms with Gasteiger partial charge in [0.25, 0.3) is 0 Å². The lowest BCUT2D eigenvalue weighted by Gasteiger charge is -2.36. The molecule has 5 rings (SSSR count). The highest BCUT2D eigenvalue weighted by atomic mass is 79.9. The van der Waals surface area contributed by atoms with Crippen LogP contribution in [-0.4, -0.2) is 146 Å². The number of carbonyl (C=O) groups excluding carboxylic acids is 7. The van der Waals surface area contributed by atoms with Gasteiger partial charge >= 0.3 is 0 Å². The molecule has 3 N–H and O–H groups in total. The van der Waals surface area contributed by atoms with Gasteiger partial charge in [0, 0.05) is 57.6 Å². The summed E-state index contributed by atoms with van der Waals surface area (Å²) in [7, 11) is 3.15. The molecule has 2 aromatic rings. The van der Waals surface area contributed by atoms with Gasteiger partial charge in [-0.05, 0) is 90.6 Å². The summed E-state index contributed by atoms with van der Waals surface area (Å²) in [6.07, 6.45) is 2.80. The van der Waals surface area contributed by atoms with Gasteiger partial charge in [-0.1, -0.05) is 84.9 Å². The molecule has 2 aromatic carbocycles. The van der Waals surface area contributed by atoms with Crippen LogP contribution in [0.15, 0.2) is 58.0 Å². The van der Waals surface area contributed by atoms with E-state index in [1.54, 1.807) is 77.6 Å². The lowest BCUT2D eigenvalue weighted by Crippen LogP contribution is -2.58. The molecule has 3 heterocycles. The molecule has 2 saturated heterocycles. The number of ketones is 1. The van der Waals surface area contributed by atoms with E-state index < -0.39 is 64.9 Å². The molecule has 0 saturated carbocycles. The highest BCUT2D eigenvalue weighted by Crippen LogP contribution is 2.37. The largest absolute Gasteiger partial charge is 0.507 e. The number of hydrogen-bond donors (Lipinski definition) is 3. The number of likely N-dealkylation sites (N-methyl/N-ethyl adjacent to an activating group) is 2. The molecular formula is C51H72BrN7O8S. The Bertz CT molecular complexity index is 2240. The van der Waals surface area contributed by atoms with E-state index >= 15 is 0 Å². The number of benzene rings is 2. The van der Waals surface area contributed by atoms with E-state index in [1.165, 1.54) is 27.6 Å². The highest BCUT2D eigenvalue weighted by Gasteiger charge is 2.48. The quantitative estimate of drug-likeness (QED) is 0.166. The van der Waals surface area contributed by atoms with Gasteiger partial charge in [-0.15, -0.1) is 11.8 Å². The molecule has 8 atom stereocenters. The van der Waals surface area contributed by atoms with Crippen LogP contribution in [0.2, 0.25) is 0 Å². The number of nitrogens with one attached hydrogen (secondary N) is 2. The Morgan fingerprint density at radius 3 is 2.13 bits per heavy atom. The van der Waals surface area contributed by atoms with Crippen molar-refractivity contribution < 1.29 is 38.7 Å². The van der Waals surface area contributed by atoms with Crippen molar-refractivity contribution in [2.75, 3.05) is 32.9 Å². The maximum atomic E-state index is 15.0. The monoisotopic (exact) mass is 1020 g/mol. The van der Waals surface area contributed by atoms with E-state index in [4.69, 9.17) is 4.99 Å². The number of Topliss-reactive ketones (excluding diaryl/α,β-unsaturated/α-hetero) is 1. The van der Waals surface area contributed by atoms with E-state index in [2.05, 4.69) is 26.6 Å². The molecule has 0 spiro atoms. The zero-order chi connectivity index (χ0) is 50.4. The zero-order valence-corrected chi connectivity index (χ0v) is 44.0. The van der Waals surface area contributed by atoms with Gasteiger partial charge in [-0.2, -0.15) is 0 Å². The summed E-state index contributed by atoms with van der Waals surface area (Å²) in [6.45, 7) is 17.1. The molecule has 3 aliphatic heterocycles. The van der Waals surface area contributed by atoms with E-state index in [-0.39, 0.29) is 59.7 Å². The minimum atomic E-state index is -1.30. The number of aromatic hydroxyl groups is 1. The average Bonchev–Trinajstić information content (AvgIpc) is 4.05. The van der Waals surface area contributed by atoms with Gasteiger partial charge < -0.3 is 35.3 Å². The van der Waals surface area contributed by atoms with Crippen molar-refractivity contribution in [1.29, 1.82) is 0 Å². The van der Waals surface area contributed by atoms with Crippen molar-refractivity contribution in [3.63, 3.8) is 0 Å². The Hall–Kier alpha value is -4.77. The summed E-state index contributed by atoms with van der Waals surface area (Å²) in [5, 5.41) is 16.7. The Balaban J connectivity index is 1.40. The first kappa shape index (κ1) is 54.2. The van der Waals surface area contributed by atoms with E-state index in [0.29, 0.717) is 60.3 Å². The molecule has 3 aliphatic rings. The lowest BCUT2D eigenvalue weighted by atomic mass is 9.95. The zero-order valence-electron chi connectivity index (χ0n) is 41.6. The molecule has 0 bridgehead atoms. The molecule has 0 unspecified atom stereocenters. The molecular weight excluding hydrogens is 951 g/mol. The number of phenolic OH excluding ortho intramolecular Hbond substituents is 1. The van der Waals surface area contributed by atoms with Gasteiger partial charge in [-0.3, -0.25) is 38.6 Å². The second-order valence-corrected chi connectivity index (χ2v) is 22.4.